The molecule has 396 valence electrons. The molecular weight excluding hydrogens is 993 g/mol. The number of rotatable bonds is 12. The molecule has 7 heteroatoms. The number of nitrogens with zero attached hydrogens (tertiary/aromatic N) is 4. The summed E-state index contributed by atoms with van der Waals surface area (Å²) in [5.41, 5.74) is 20.8. The van der Waals surface area contributed by atoms with Crippen molar-refractivity contribution in [1.29, 1.82) is 0 Å². The van der Waals surface area contributed by atoms with E-state index in [1.807, 2.05) is 24.3 Å². The van der Waals surface area contributed by atoms with Gasteiger partial charge in [-0.1, -0.05) is 171 Å². The largest absolute Gasteiger partial charge is 0.457 e. The number of fused-ring (bicyclic) bond motifs is 8. The average Bonchev–Trinajstić information content (AvgIpc) is 4.42. The van der Waals surface area contributed by atoms with Crippen LogP contribution in [-0.4, -0.2) is 19.1 Å². The summed E-state index contributed by atoms with van der Waals surface area (Å²) in [4.78, 5) is 11.0. The standard InChI is InChI=1S/C74H62N4O3/c1-43(2)55-35-50(47-22-11-9-12-23-47)36-56(44(3)4)70(55)77-65-31-18-16-29-63(65)75-73(77)49-26-21-27-52(34-49)79-53-39-61-60-41-59-54-28-15-20-33-67(54)80-68(59)42-69(60)81-72(61)62(40-53)74-76-64-30-17-19-32-66(64)78(74)71-57(45(5)6)37-51(38-58(71)46(7)8)48-24-13-10-14-25-48/h9-46H,1-8H3. The predicted octanol–water partition coefficient (Wildman–Crippen LogP) is 21.1. The maximum atomic E-state index is 7.25. The molecule has 0 unspecified atom stereocenters. The number of aromatic nitrogens is 4. The Balaban J connectivity index is 0.986. The molecule has 0 spiro atoms. The van der Waals surface area contributed by atoms with Gasteiger partial charge >= 0.3 is 0 Å². The average molecular weight is 1060 g/mol. The Labute approximate surface area is 471 Å². The van der Waals surface area contributed by atoms with Gasteiger partial charge in [0.15, 0.2) is 0 Å². The van der Waals surface area contributed by atoms with E-state index in [1.54, 1.807) is 0 Å². The van der Waals surface area contributed by atoms with Gasteiger partial charge in [-0.25, -0.2) is 9.97 Å². The highest BCUT2D eigenvalue weighted by molar-refractivity contribution is 6.17. The fourth-order valence-corrected chi connectivity index (χ4v) is 12.2. The van der Waals surface area contributed by atoms with Crippen LogP contribution in [0.25, 0.3) is 122 Å². The highest BCUT2D eigenvalue weighted by Crippen LogP contribution is 2.47. The summed E-state index contributed by atoms with van der Waals surface area (Å²) in [6.45, 7) is 18.3. The number of imidazole rings is 2. The molecule has 10 aromatic carbocycles. The topological polar surface area (TPSA) is 71.2 Å². The quantitative estimate of drug-likeness (QED) is 0.122. The summed E-state index contributed by atoms with van der Waals surface area (Å²) in [7, 11) is 0. The fraction of sp³-hybridized carbons (Fsp3) is 0.162. The second-order valence-electron chi connectivity index (χ2n) is 22.9. The molecule has 0 saturated carbocycles. The van der Waals surface area contributed by atoms with Gasteiger partial charge in [-0.15, -0.1) is 0 Å². The van der Waals surface area contributed by atoms with Crippen molar-refractivity contribution in [2.45, 2.75) is 79.1 Å². The summed E-state index contributed by atoms with van der Waals surface area (Å²) < 4.78 is 25.6. The minimum Gasteiger partial charge on any atom is -0.457 e. The van der Waals surface area contributed by atoms with Crippen LogP contribution in [-0.2, 0) is 0 Å². The minimum absolute atomic E-state index is 0.185. The van der Waals surface area contributed by atoms with E-state index in [0.29, 0.717) is 17.1 Å². The minimum atomic E-state index is 0.185. The van der Waals surface area contributed by atoms with Gasteiger partial charge in [0, 0.05) is 33.2 Å². The molecule has 4 aromatic heterocycles. The summed E-state index contributed by atoms with van der Waals surface area (Å²) >= 11 is 0. The summed E-state index contributed by atoms with van der Waals surface area (Å²) in [6.07, 6.45) is 0. The van der Waals surface area contributed by atoms with Gasteiger partial charge in [0.2, 0.25) is 0 Å². The first-order valence-electron chi connectivity index (χ1n) is 28.5. The van der Waals surface area contributed by atoms with Crippen LogP contribution in [0.15, 0.2) is 215 Å². The molecule has 7 nitrogen and oxygen atoms in total. The van der Waals surface area contributed by atoms with Crippen LogP contribution in [0.3, 0.4) is 0 Å². The highest BCUT2D eigenvalue weighted by Gasteiger charge is 2.28. The molecule has 0 saturated heterocycles. The number of hydrogen-bond acceptors (Lipinski definition) is 5. The van der Waals surface area contributed by atoms with E-state index in [2.05, 4.69) is 247 Å². The molecular formula is C74H62N4O3. The second-order valence-corrected chi connectivity index (χ2v) is 22.9. The van der Waals surface area contributed by atoms with Gasteiger partial charge in [0.1, 0.15) is 45.5 Å². The third-order valence-electron chi connectivity index (χ3n) is 16.2. The van der Waals surface area contributed by atoms with E-state index in [9.17, 15) is 0 Å². The van der Waals surface area contributed by atoms with Crippen molar-refractivity contribution in [3.05, 3.63) is 229 Å². The normalized spacial score (nSPS) is 12.1. The predicted molar refractivity (Wildman–Crippen MR) is 335 cm³/mol. The Hall–Kier alpha value is -9.46. The third kappa shape index (κ3) is 8.49. The van der Waals surface area contributed by atoms with Crippen molar-refractivity contribution in [3.63, 3.8) is 0 Å². The van der Waals surface area contributed by atoms with Crippen molar-refractivity contribution in [1.82, 2.24) is 19.1 Å². The van der Waals surface area contributed by atoms with Crippen molar-refractivity contribution >= 4 is 65.9 Å². The van der Waals surface area contributed by atoms with Crippen LogP contribution in [0.4, 0.5) is 0 Å². The molecule has 0 radical (unpaired) electrons. The fourth-order valence-electron chi connectivity index (χ4n) is 12.2. The molecule has 0 aliphatic rings. The first kappa shape index (κ1) is 49.8. The Morgan fingerprint density at radius 2 is 0.827 bits per heavy atom. The summed E-state index contributed by atoms with van der Waals surface area (Å²) in [5.74, 6) is 3.76. The van der Waals surface area contributed by atoms with Crippen LogP contribution < -0.4 is 4.74 Å². The smallest absolute Gasteiger partial charge is 0.149 e. The molecule has 81 heavy (non-hydrogen) atoms. The van der Waals surface area contributed by atoms with E-state index in [-0.39, 0.29) is 23.7 Å². The van der Waals surface area contributed by atoms with Gasteiger partial charge in [-0.2, -0.15) is 0 Å². The van der Waals surface area contributed by atoms with E-state index >= 15 is 0 Å². The number of furan rings is 2. The van der Waals surface area contributed by atoms with Crippen LogP contribution in [0.5, 0.6) is 11.5 Å². The highest BCUT2D eigenvalue weighted by atomic mass is 16.5. The molecule has 0 atom stereocenters. The molecule has 4 heterocycles. The molecule has 0 aliphatic heterocycles. The Morgan fingerprint density at radius 3 is 1.41 bits per heavy atom. The lowest BCUT2D eigenvalue weighted by Crippen LogP contribution is -2.09. The van der Waals surface area contributed by atoms with E-state index < -0.39 is 0 Å². The van der Waals surface area contributed by atoms with E-state index in [4.69, 9.17) is 23.5 Å². The number of hydrogen-bond donors (Lipinski definition) is 0. The van der Waals surface area contributed by atoms with Crippen molar-refractivity contribution in [2.24, 2.45) is 0 Å². The van der Waals surface area contributed by atoms with Crippen LogP contribution in [0, 0.1) is 0 Å². The monoisotopic (exact) mass is 1050 g/mol. The lowest BCUT2D eigenvalue weighted by atomic mass is 9.88. The summed E-state index contributed by atoms with van der Waals surface area (Å²) in [5, 5.41) is 3.94. The zero-order valence-corrected chi connectivity index (χ0v) is 47.0. The first-order chi connectivity index (χ1) is 39.4. The SMILES string of the molecule is CC(C)c1cc(-c2ccccc2)cc(C(C)C)c1-n1c(-c2cccc(Oc3cc(-c4nc5ccccc5n4-c4c(C(C)C)cc(-c5ccccc5)cc4C(C)C)c4oc5cc6oc7ccccc7c6cc5c4c3)c2)nc2ccccc21. The number of para-hydroxylation sites is 5. The van der Waals surface area contributed by atoms with Gasteiger partial charge in [-0.05, 0) is 153 Å². The zero-order valence-electron chi connectivity index (χ0n) is 47.0. The molecule has 0 aliphatic carbocycles. The van der Waals surface area contributed by atoms with Crippen molar-refractivity contribution < 1.29 is 13.6 Å². The molecule has 14 aromatic rings. The molecule has 14 rings (SSSR count). The molecule has 0 amide bonds. The maximum Gasteiger partial charge on any atom is 0.149 e. The van der Waals surface area contributed by atoms with Gasteiger partial charge in [-0.3, -0.25) is 9.13 Å². The molecule has 0 bridgehead atoms. The van der Waals surface area contributed by atoms with Crippen molar-refractivity contribution in [3.8, 4) is 67.9 Å². The zero-order chi connectivity index (χ0) is 55.2. The molecule has 0 fully saturated rings. The van der Waals surface area contributed by atoms with Crippen molar-refractivity contribution in [2.75, 3.05) is 0 Å². The van der Waals surface area contributed by atoms with Gasteiger partial charge in [0.25, 0.3) is 0 Å². The number of ether oxygens (including phenoxy) is 1. The third-order valence-corrected chi connectivity index (χ3v) is 16.2. The molecule has 0 N–H and O–H groups in total. The lowest BCUT2D eigenvalue weighted by Gasteiger charge is -2.24. The summed E-state index contributed by atoms with van der Waals surface area (Å²) in [6, 6.07) is 73.0. The van der Waals surface area contributed by atoms with Gasteiger partial charge in [0.05, 0.1) is 39.0 Å². The van der Waals surface area contributed by atoms with Crippen LogP contribution in [0.1, 0.15) is 101 Å². The number of benzene rings is 10. The van der Waals surface area contributed by atoms with Crippen LogP contribution >= 0.6 is 0 Å². The maximum absolute atomic E-state index is 7.25. The van der Waals surface area contributed by atoms with E-state index in [1.165, 1.54) is 50.2 Å². The Kier molecular flexibility index (Phi) is 12.1. The van der Waals surface area contributed by atoms with Crippen LogP contribution in [0.2, 0.25) is 0 Å². The van der Waals surface area contributed by atoms with E-state index in [0.717, 1.165) is 88.8 Å². The Bertz CT molecular complexity index is 4680. The van der Waals surface area contributed by atoms with Gasteiger partial charge < -0.3 is 13.6 Å². The lowest BCUT2D eigenvalue weighted by molar-refractivity contribution is 0.483. The second kappa shape index (κ2) is 19.7. The first-order valence-corrected chi connectivity index (χ1v) is 28.5. The Morgan fingerprint density at radius 1 is 0.346 bits per heavy atom.